The van der Waals surface area contributed by atoms with Crippen LogP contribution in [0.2, 0.25) is 0 Å². The monoisotopic (exact) mass is 297 g/mol. The van der Waals surface area contributed by atoms with E-state index in [1.54, 1.807) is 4.90 Å². The minimum Gasteiger partial charge on any atom is -0.367 e. The summed E-state index contributed by atoms with van der Waals surface area (Å²) in [7, 11) is 0. The van der Waals surface area contributed by atoms with Crippen molar-refractivity contribution >= 4 is 17.7 Å². The van der Waals surface area contributed by atoms with Gasteiger partial charge < -0.3 is 10.6 Å². The van der Waals surface area contributed by atoms with Gasteiger partial charge in [0.25, 0.3) is 5.91 Å². The van der Waals surface area contributed by atoms with Gasteiger partial charge in [-0.2, -0.15) is 0 Å². The Labute approximate surface area is 124 Å². The molecule has 2 atom stereocenters. The normalized spacial score (nSPS) is 27.0. The molecule has 2 fully saturated rings. The molecule has 118 valence electrons. The molecule has 2 N–H and O–H groups in total. The number of hydrogen-bond acceptors (Lipinski definition) is 4. The number of rotatable bonds is 4. The second kappa shape index (κ2) is 5.63. The summed E-state index contributed by atoms with van der Waals surface area (Å²) in [6, 6.07) is 0. The molecule has 3 amide bonds. The average molecular weight is 297 g/mol. The SMILES string of the molecule is CC(=O)N1CCCC12CCN(OC(C(N)=O)C(C)C)C2=O. The van der Waals surface area contributed by atoms with Crippen molar-refractivity contribution in [2.45, 2.75) is 51.7 Å². The smallest absolute Gasteiger partial charge is 0.272 e. The van der Waals surface area contributed by atoms with Gasteiger partial charge in [-0.15, -0.1) is 0 Å². The van der Waals surface area contributed by atoms with Crippen LogP contribution in [0.3, 0.4) is 0 Å². The number of likely N-dealkylation sites (tertiary alicyclic amines) is 1. The highest BCUT2D eigenvalue weighted by atomic mass is 16.7. The van der Waals surface area contributed by atoms with Crippen LogP contribution in [-0.4, -0.2) is 52.4 Å². The molecule has 0 aromatic heterocycles. The van der Waals surface area contributed by atoms with Crippen LogP contribution in [0.15, 0.2) is 0 Å². The maximum atomic E-state index is 12.7. The predicted molar refractivity (Wildman–Crippen MR) is 74.6 cm³/mol. The molecular formula is C14H23N3O4. The number of nitrogens with two attached hydrogens (primary N) is 1. The van der Waals surface area contributed by atoms with Crippen molar-refractivity contribution in [3.05, 3.63) is 0 Å². The lowest BCUT2D eigenvalue weighted by molar-refractivity contribution is -0.207. The largest absolute Gasteiger partial charge is 0.367 e. The van der Waals surface area contributed by atoms with E-state index in [2.05, 4.69) is 0 Å². The van der Waals surface area contributed by atoms with E-state index in [-0.39, 0.29) is 17.7 Å². The van der Waals surface area contributed by atoms with Crippen LogP contribution in [0.5, 0.6) is 0 Å². The number of primary amides is 1. The van der Waals surface area contributed by atoms with Crippen molar-refractivity contribution in [2.75, 3.05) is 13.1 Å². The van der Waals surface area contributed by atoms with Crippen molar-refractivity contribution in [2.24, 2.45) is 11.7 Å². The molecule has 2 aliphatic rings. The number of carbonyl (C=O) groups excluding carboxylic acids is 3. The molecule has 7 nitrogen and oxygen atoms in total. The van der Waals surface area contributed by atoms with Gasteiger partial charge in [-0.25, -0.2) is 5.06 Å². The number of carbonyl (C=O) groups is 3. The highest BCUT2D eigenvalue weighted by Gasteiger charge is 2.55. The minimum atomic E-state index is -0.837. The molecule has 0 aromatic carbocycles. The van der Waals surface area contributed by atoms with Gasteiger partial charge in [-0.3, -0.25) is 19.2 Å². The van der Waals surface area contributed by atoms with E-state index in [4.69, 9.17) is 10.6 Å². The van der Waals surface area contributed by atoms with E-state index in [0.29, 0.717) is 25.9 Å². The standard InChI is InChI=1S/C14H23N3O4/c1-9(2)11(12(15)19)21-17-8-6-14(13(17)20)5-4-7-16(14)10(3)18/h9,11H,4-8H2,1-3H3,(H2,15,19). The first-order chi connectivity index (χ1) is 9.79. The van der Waals surface area contributed by atoms with Crippen LogP contribution in [0.4, 0.5) is 0 Å². The maximum absolute atomic E-state index is 12.7. The number of hydroxylamine groups is 2. The van der Waals surface area contributed by atoms with Gasteiger partial charge in [-0.1, -0.05) is 13.8 Å². The van der Waals surface area contributed by atoms with Crippen molar-refractivity contribution in [3.8, 4) is 0 Å². The zero-order valence-corrected chi connectivity index (χ0v) is 12.8. The fourth-order valence-electron chi connectivity index (χ4n) is 3.29. The zero-order chi connectivity index (χ0) is 15.8. The molecule has 0 bridgehead atoms. The Morgan fingerprint density at radius 3 is 2.48 bits per heavy atom. The van der Waals surface area contributed by atoms with Gasteiger partial charge >= 0.3 is 0 Å². The molecule has 2 aliphatic heterocycles. The first kappa shape index (κ1) is 15.8. The molecule has 0 aliphatic carbocycles. The third-order valence-corrected chi connectivity index (χ3v) is 4.35. The van der Waals surface area contributed by atoms with Crippen LogP contribution in [-0.2, 0) is 19.2 Å². The van der Waals surface area contributed by atoms with E-state index in [1.165, 1.54) is 12.0 Å². The fraction of sp³-hybridized carbons (Fsp3) is 0.786. The van der Waals surface area contributed by atoms with Gasteiger partial charge in [0.2, 0.25) is 11.8 Å². The van der Waals surface area contributed by atoms with Crippen LogP contribution in [0, 0.1) is 5.92 Å². The molecular weight excluding hydrogens is 274 g/mol. The molecule has 2 saturated heterocycles. The van der Waals surface area contributed by atoms with E-state index in [9.17, 15) is 14.4 Å². The first-order valence-corrected chi connectivity index (χ1v) is 7.36. The fourth-order valence-corrected chi connectivity index (χ4v) is 3.29. The summed E-state index contributed by atoms with van der Waals surface area (Å²) < 4.78 is 0. The highest BCUT2D eigenvalue weighted by Crippen LogP contribution is 2.39. The molecule has 21 heavy (non-hydrogen) atoms. The lowest BCUT2D eigenvalue weighted by Gasteiger charge is -2.33. The molecule has 1 spiro atoms. The topological polar surface area (TPSA) is 92.9 Å². The Morgan fingerprint density at radius 2 is 1.95 bits per heavy atom. The van der Waals surface area contributed by atoms with Crippen molar-refractivity contribution in [1.82, 2.24) is 9.96 Å². The summed E-state index contributed by atoms with van der Waals surface area (Å²) >= 11 is 0. The molecule has 2 unspecified atom stereocenters. The summed E-state index contributed by atoms with van der Waals surface area (Å²) in [4.78, 5) is 43.0. The number of hydrogen-bond donors (Lipinski definition) is 1. The lowest BCUT2D eigenvalue weighted by Crippen LogP contribution is -2.53. The Kier molecular flexibility index (Phi) is 4.22. The second-order valence-electron chi connectivity index (χ2n) is 6.14. The molecule has 0 radical (unpaired) electrons. The van der Waals surface area contributed by atoms with Crippen molar-refractivity contribution < 1.29 is 19.2 Å². The zero-order valence-electron chi connectivity index (χ0n) is 12.8. The van der Waals surface area contributed by atoms with Gasteiger partial charge in [0.05, 0.1) is 6.54 Å². The van der Waals surface area contributed by atoms with Crippen molar-refractivity contribution in [1.29, 1.82) is 0 Å². The average Bonchev–Trinajstić information content (AvgIpc) is 2.94. The van der Waals surface area contributed by atoms with E-state index in [0.717, 1.165) is 6.42 Å². The molecule has 0 saturated carbocycles. The Bertz CT molecular complexity index is 465. The van der Waals surface area contributed by atoms with Gasteiger partial charge in [-0.05, 0) is 25.2 Å². The Balaban J connectivity index is 2.15. The summed E-state index contributed by atoms with van der Waals surface area (Å²) in [6.07, 6.45) is 1.16. The summed E-state index contributed by atoms with van der Waals surface area (Å²) in [5.74, 6) is -1.05. The van der Waals surface area contributed by atoms with E-state index < -0.39 is 17.6 Å². The third-order valence-electron chi connectivity index (χ3n) is 4.35. The molecule has 2 rings (SSSR count). The minimum absolute atomic E-state index is 0.0991. The molecule has 7 heteroatoms. The van der Waals surface area contributed by atoms with E-state index in [1.807, 2.05) is 13.8 Å². The Morgan fingerprint density at radius 1 is 1.29 bits per heavy atom. The first-order valence-electron chi connectivity index (χ1n) is 7.36. The number of amides is 3. The van der Waals surface area contributed by atoms with Gasteiger partial charge in [0.1, 0.15) is 5.54 Å². The Hall–Kier alpha value is -1.63. The predicted octanol–water partition coefficient (Wildman–Crippen LogP) is 0.0413. The molecule has 2 heterocycles. The lowest BCUT2D eigenvalue weighted by atomic mass is 9.94. The van der Waals surface area contributed by atoms with Crippen molar-refractivity contribution in [3.63, 3.8) is 0 Å². The quantitative estimate of drug-likeness (QED) is 0.793. The van der Waals surface area contributed by atoms with Crippen LogP contribution >= 0.6 is 0 Å². The summed E-state index contributed by atoms with van der Waals surface area (Å²) in [6.45, 7) is 6.06. The van der Waals surface area contributed by atoms with Gasteiger partial charge in [0.15, 0.2) is 6.10 Å². The maximum Gasteiger partial charge on any atom is 0.272 e. The number of nitrogens with zero attached hydrogens (tertiary/aromatic N) is 2. The summed E-state index contributed by atoms with van der Waals surface area (Å²) in [5.41, 5.74) is 4.53. The van der Waals surface area contributed by atoms with Crippen LogP contribution in [0.1, 0.15) is 40.0 Å². The third kappa shape index (κ3) is 2.62. The second-order valence-corrected chi connectivity index (χ2v) is 6.14. The van der Waals surface area contributed by atoms with Crippen LogP contribution < -0.4 is 5.73 Å². The van der Waals surface area contributed by atoms with Gasteiger partial charge in [0, 0.05) is 13.5 Å². The highest BCUT2D eigenvalue weighted by molar-refractivity contribution is 5.92. The molecule has 0 aromatic rings. The van der Waals surface area contributed by atoms with Crippen LogP contribution in [0.25, 0.3) is 0 Å². The van der Waals surface area contributed by atoms with E-state index >= 15 is 0 Å². The summed E-state index contributed by atoms with van der Waals surface area (Å²) in [5, 5.41) is 1.22.